The largest absolute Gasteiger partial charge is 0.369 e. The summed E-state index contributed by atoms with van der Waals surface area (Å²) in [6.07, 6.45) is 4.77. The molecule has 0 saturated carbocycles. The number of nitrogens with zero attached hydrogens (tertiary/aromatic N) is 4. The van der Waals surface area contributed by atoms with Crippen molar-refractivity contribution in [2.45, 2.75) is 19.4 Å². The van der Waals surface area contributed by atoms with E-state index in [2.05, 4.69) is 20.6 Å². The summed E-state index contributed by atoms with van der Waals surface area (Å²) >= 11 is 0. The summed E-state index contributed by atoms with van der Waals surface area (Å²) in [5.74, 6) is -0.805. The van der Waals surface area contributed by atoms with Gasteiger partial charge in [-0.25, -0.2) is 9.37 Å². The number of aromatic nitrogens is 2. The lowest BCUT2D eigenvalue weighted by Crippen LogP contribution is -2.41. The van der Waals surface area contributed by atoms with Gasteiger partial charge in [-0.15, -0.1) is 0 Å². The minimum absolute atomic E-state index is 0.0105. The zero-order chi connectivity index (χ0) is 24.1. The molecule has 1 saturated heterocycles. The molecule has 1 unspecified atom stereocenters. The number of piperidine rings is 1. The molecule has 0 bridgehead atoms. The number of carbonyl (C=O) groups excluding carboxylic acids is 1. The fourth-order valence-corrected chi connectivity index (χ4v) is 3.89. The summed E-state index contributed by atoms with van der Waals surface area (Å²) in [7, 11) is 0. The lowest BCUT2D eigenvalue weighted by molar-refractivity contribution is -0.384. The highest BCUT2D eigenvalue weighted by molar-refractivity contribution is 5.78. The fraction of sp³-hybridized carbons (Fsp3) is 0.261. The van der Waals surface area contributed by atoms with Gasteiger partial charge in [-0.2, -0.15) is 0 Å². The van der Waals surface area contributed by atoms with Crippen molar-refractivity contribution in [3.05, 3.63) is 76.4 Å². The van der Waals surface area contributed by atoms with Crippen molar-refractivity contribution in [1.82, 2.24) is 9.97 Å². The number of hydrogen-bond donors (Lipinski definition) is 3. The summed E-state index contributed by atoms with van der Waals surface area (Å²) in [6.45, 7) is 1.43. The maximum absolute atomic E-state index is 14.9. The van der Waals surface area contributed by atoms with Crippen molar-refractivity contribution in [3.63, 3.8) is 0 Å². The third-order valence-corrected chi connectivity index (χ3v) is 5.67. The van der Waals surface area contributed by atoms with Crippen molar-refractivity contribution < 1.29 is 14.1 Å². The number of nitro groups is 1. The molecule has 0 radical (unpaired) electrons. The smallest absolute Gasteiger partial charge is 0.311 e. The molecule has 4 rings (SSSR count). The van der Waals surface area contributed by atoms with Gasteiger partial charge in [0.25, 0.3) is 0 Å². The third-order valence-electron chi connectivity index (χ3n) is 5.67. The Labute approximate surface area is 195 Å². The molecule has 1 aliphatic heterocycles. The van der Waals surface area contributed by atoms with Crippen LogP contribution in [-0.4, -0.2) is 33.9 Å². The van der Waals surface area contributed by atoms with E-state index in [4.69, 9.17) is 5.73 Å². The van der Waals surface area contributed by atoms with Crippen LogP contribution in [0.2, 0.25) is 0 Å². The number of nitrogens with two attached hydrogens (primary N) is 1. The van der Waals surface area contributed by atoms with Crippen LogP contribution in [0.3, 0.4) is 0 Å². The molecule has 10 nitrogen and oxygen atoms in total. The fourth-order valence-electron chi connectivity index (χ4n) is 3.89. The molecule has 3 aromatic rings. The van der Waals surface area contributed by atoms with Gasteiger partial charge >= 0.3 is 5.69 Å². The maximum atomic E-state index is 14.9. The van der Waals surface area contributed by atoms with Crippen molar-refractivity contribution in [2.24, 2.45) is 11.7 Å². The van der Waals surface area contributed by atoms with Gasteiger partial charge < -0.3 is 21.3 Å². The number of nitrogens with one attached hydrogen (secondary N) is 2. The van der Waals surface area contributed by atoms with Crippen LogP contribution in [0.25, 0.3) is 0 Å². The van der Waals surface area contributed by atoms with Gasteiger partial charge in [-0.05, 0) is 54.8 Å². The van der Waals surface area contributed by atoms with Gasteiger partial charge in [-0.1, -0.05) is 0 Å². The van der Waals surface area contributed by atoms with Gasteiger partial charge in [0.1, 0.15) is 11.6 Å². The van der Waals surface area contributed by atoms with Gasteiger partial charge in [0.05, 0.1) is 16.5 Å². The highest BCUT2D eigenvalue weighted by Crippen LogP contribution is 2.31. The van der Waals surface area contributed by atoms with Crippen LogP contribution >= 0.6 is 0 Å². The van der Waals surface area contributed by atoms with Crippen LogP contribution in [0.1, 0.15) is 18.4 Å². The van der Waals surface area contributed by atoms with E-state index in [0.29, 0.717) is 43.2 Å². The van der Waals surface area contributed by atoms with E-state index in [0.717, 1.165) is 12.0 Å². The average Bonchev–Trinajstić information content (AvgIpc) is 2.83. The molecule has 1 aromatic carbocycles. The van der Waals surface area contributed by atoms with Gasteiger partial charge in [0.2, 0.25) is 11.7 Å². The van der Waals surface area contributed by atoms with Gasteiger partial charge in [0.15, 0.2) is 0 Å². The van der Waals surface area contributed by atoms with E-state index in [1.165, 1.54) is 18.2 Å². The molecular weight excluding hydrogens is 441 g/mol. The highest BCUT2D eigenvalue weighted by atomic mass is 19.1. The molecule has 0 aliphatic carbocycles. The zero-order valence-corrected chi connectivity index (χ0v) is 18.3. The minimum atomic E-state index is -0.551. The summed E-state index contributed by atoms with van der Waals surface area (Å²) in [5, 5.41) is 17.5. The highest BCUT2D eigenvalue weighted by Gasteiger charge is 2.26. The molecular formula is C23H24FN7O3. The molecule has 1 atom stereocenters. The monoisotopic (exact) mass is 465 g/mol. The third kappa shape index (κ3) is 5.37. The number of primary amides is 1. The number of halogens is 1. The molecule has 1 fully saturated rings. The number of hydrogen-bond acceptors (Lipinski definition) is 8. The molecule has 2 aromatic heterocycles. The van der Waals surface area contributed by atoms with Gasteiger partial charge in [-0.3, -0.25) is 19.9 Å². The first-order valence-electron chi connectivity index (χ1n) is 10.8. The van der Waals surface area contributed by atoms with E-state index < -0.39 is 10.7 Å². The Hall–Kier alpha value is -4.28. The molecule has 1 amide bonds. The average molecular weight is 465 g/mol. The number of carbonyl (C=O) groups is 1. The second-order valence-corrected chi connectivity index (χ2v) is 8.01. The molecule has 11 heteroatoms. The lowest BCUT2D eigenvalue weighted by Gasteiger charge is -2.33. The Morgan fingerprint density at radius 1 is 1.24 bits per heavy atom. The molecule has 1 aliphatic rings. The molecule has 34 heavy (non-hydrogen) atoms. The SMILES string of the molecule is NC(=O)C1CCCN(c2ccc(Nc3nc(NCc4ccncc4)ccc3[N+](=O)[O-])cc2F)C1. The first kappa shape index (κ1) is 22.9. The van der Waals surface area contributed by atoms with E-state index >= 15 is 0 Å². The van der Waals surface area contributed by atoms with Crippen LogP contribution in [0.5, 0.6) is 0 Å². The Kier molecular flexibility index (Phi) is 6.81. The van der Waals surface area contributed by atoms with Crippen LogP contribution in [0.4, 0.5) is 33.1 Å². The predicted molar refractivity (Wildman–Crippen MR) is 126 cm³/mol. The number of rotatable bonds is 8. The van der Waals surface area contributed by atoms with Crippen molar-refractivity contribution in [3.8, 4) is 0 Å². The normalized spacial score (nSPS) is 15.6. The Morgan fingerprint density at radius 3 is 2.74 bits per heavy atom. The van der Waals surface area contributed by atoms with E-state index in [1.807, 2.05) is 12.1 Å². The lowest BCUT2D eigenvalue weighted by atomic mass is 9.97. The Balaban J connectivity index is 1.52. The van der Waals surface area contributed by atoms with Crippen molar-refractivity contribution in [1.29, 1.82) is 0 Å². The van der Waals surface area contributed by atoms with E-state index in [1.54, 1.807) is 29.4 Å². The Bertz CT molecular complexity index is 1190. The van der Waals surface area contributed by atoms with Crippen LogP contribution < -0.4 is 21.3 Å². The number of benzene rings is 1. The summed E-state index contributed by atoms with van der Waals surface area (Å²) in [4.78, 5) is 32.6. The first-order chi connectivity index (χ1) is 16.4. The van der Waals surface area contributed by atoms with E-state index in [-0.39, 0.29) is 23.3 Å². The second-order valence-electron chi connectivity index (χ2n) is 8.01. The van der Waals surface area contributed by atoms with Crippen LogP contribution in [0.15, 0.2) is 54.9 Å². The summed E-state index contributed by atoms with van der Waals surface area (Å²) in [6, 6.07) is 11.0. The van der Waals surface area contributed by atoms with Gasteiger partial charge in [0, 0.05) is 43.8 Å². The maximum Gasteiger partial charge on any atom is 0.311 e. The summed E-state index contributed by atoms with van der Waals surface area (Å²) < 4.78 is 14.9. The molecule has 4 N–H and O–H groups in total. The number of pyridine rings is 2. The number of anilines is 4. The summed E-state index contributed by atoms with van der Waals surface area (Å²) in [5.41, 5.74) is 6.82. The zero-order valence-electron chi connectivity index (χ0n) is 18.3. The van der Waals surface area contributed by atoms with Crippen LogP contribution in [-0.2, 0) is 11.3 Å². The Morgan fingerprint density at radius 2 is 2.03 bits per heavy atom. The molecule has 0 spiro atoms. The molecule has 176 valence electrons. The first-order valence-corrected chi connectivity index (χ1v) is 10.8. The van der Waals surface area contributed by atoms with Crippen LogP contribution in [0, 0.1) is 21.8 Å². The second kappa shape index (κ2) is 10.1. The van der Waals surface area contributed by atoms with E-state index in [9.17, 15) is 19.3 Å². The van der Waals surface area contributed by atoms with Crippen molar-refractivity contribution in [2.75, 3.05) is 28.6 Å². The predicted octanol–water partition coefficient (Wildman–Crippen LogP) is 3.58. The standard InChI is InChI=1S/C23H24FN7O3/c24-18-12-17(3-4-19(18)30-11-1-2-16(14-30)22(25)32)28-23-20(31(33)34)5-6-21(29-23)27-13-15-7-9-26-10-8-15/h3-10,12,16H,1-2,11,13-14H2,(H2,25,32)(H2,27,28,29). The molecule has 3 heterocycles. The van der Waals surface area contributed by atoms with Crippen molar-refractivity contribution >= 4 is 34.6 Å². The minimum Gasteiger partial charge on any atom is -0.369 e. The topological polar surface area (TPSA) is 139 Å². The quantitative estimate of drug-likeness (QED) is 0.339. The number of amides is 1.